The summed E-state index contributed by atoms with van der Waals surface area (Å²) in [5.41, 5.74) is 0. The van der Waals surface area contributed by atoms with Gasteiger partial charge in [0.15, 0.2) is 0 Å². The molecule has 1 unspecified atom stereocenters. The first-order chi connectivity index (χ1) is 10.9. The quantitative estimate of drug-likeness (QED) is 0.384. The van der Waals surface area contributed by atoms with Gasteiger partial charge in [0.25, 0.3) is 0 Å². The van der Waals surface area contributed by atoms with Crippen molar-refractivity contribution in [2.45, 2.75) is 78.1 Å². The van der Waals surface area contributed by atoms with Gasteiger partial charge in [0.1, 0.15) is 6.54 Å². The molecule has 7 heteroatoms. The Morgan fingerprint density at radius 3 is 1.83 bits per heavy atom. The summed E-state index contributed by atoms with van der Waals surface area (Å²) in [5, 5.41) is 17.7. The van der Waals surface area contributed by atoms with Crippen molar-refractivity contribution in [2.75, 3.05) is 6.54 Å². The molecule has 24 heavy (non-hydrogen) atoms. The van der Waals surface area contributed by atoms with E-state index in [1.807, 2.05) is 6.92 Å². The summed E-state index contributed by atoms with van der Waals surface area (Å²) in [6, 6.07) is 0. The summed E-state index contributed by atoms with van der Waals surface area (Å²) < 4.78 is 0. The van der Waals surface area contributed by atoms with Crippen LogP contribution >= 0.6 is 0 Å². The fourth-order valence-corrected chi connectivity index (χ4v) is 2.62. The van der Waals surface area contributed by atoms with Crippen LogP contribution in [0.1, 0.15) is 79.5 Å². The third-order valence-corrected chi connectivity index (χ3v) is 4.04. The van der Waals surface area contributed by atoms with Gasteiger partial charge in [-0.05, 0) is 12.8 Å². The molecular weight excluding hydrogens is 321 g/mol. The summed E-state index contributed by atoms with van der Waals surface area (Å²) >= 11 is 0. The number of aliphatic carboxylic acids is 1. The van der Waals surface area contributed by atoms with Gasteiger partial charge in [-0.3, -0.25) is 9.59 Å². The molecular formula is C17H32NNaO5. The van der Waals surface area contributed by atoms with E-state index in [1.54, 1.807) is 0 Å². The largest absolute Gasteiger partial charge is 1.00 e. The molecule has 2 N–H and O–H groups in total. The van der Waals surface area contributed by atoms with Crippen molar-refractivity contribution in [3.05, 3.63) is 0 Å². The number of hydrogen-bond acceptors (Lipinski definition) is 3. The Hall–Kier alpha value is -0.590. The Bertz CT molecular complexity index is 382. The monoisotopic (exact) mass is 353 g/mol. The first-order valence-corrected chi connectivity index (χ1v) is 8.70. The van der Waals surface area contributed by atoms with Crippen LogP contribution in [-0.4, -0.2) is 39.6 Å². The number of hydrogen-bond donors (Lipinski definition) is 2. The van der Waals surface area contributed by atoms with Crippen LogP contribution in [0.5, 0.6) is 0 Å². The Morgan fingerprint density at radius 1 is 0.917 bits per heavy atom. The minimum atomic E-state index is -1.49. The van der Waals surface area contributed by atoms with Crippen LogP contribution in [-0.2, 0) is 9.59 Å². The molecule has 0 aliphatic rings. The van der Waals surface area contributed by atoms with E-state index in [0.717, 1.165) is 19.3 Å². The van der Waals surface area contributed by atoms with Crippen molar-refractivity contribution in [3.8, 4) is 0 Å². The summed E-state index contributed by atoms with van der Waals surface area (Å²) in [6.45, 7) is 3.23. The fraction of sp³-hybridized carbons (Fsp3) is 0.824. The topological polar surface area (TPSA) is 94.9 Å². The number of amides is 2. The second-order valence-corrected chi connectivity index (χ2v) is 5.97. The number of carboxylic acid groups (broad SMARTS) is 2. The molecule has 0 aromatic rings. The van der Waals surface area contributed by atoms with E-state index in [-0.39, 0.29) is 31.0 Å². The normalized spacial score (nSPS) is 11.4. The predicted molar refractivity (Wildman–Crippen MR) is 89.5 cm³/mol. The van der Waals surface area contributed by atoms with Gasteiger partial charge in [-0.1, -0.05) is 65.2 Å². The first-order valence-electron chi connectivity index (χ1n) is 8.70. The van der Waals surface area contributed by atoms with Gasteiger partial charge >= 0.3 is 41.6 Å². The van der Waals surface area contributed by atoms with E-state index >= 15 is 0 Å². The minimum Gasteiger partial charge on any atom is -1.00 e. The van der Waals surface area contributed by atoms with Crippen molar-refractivity contribution < 1.29 is 55.6 Å². The number of nitrogens with zero attached hydrogens (tertiary/aromatic N) is 1. The minimum absolute atomic E-state index is 0. The van der Waals surface area contributed by atoms with E-state index in [1.165, 1.54) is 32.1 Å². The molecule has 0 aromatic carbocycles. The molecule has 0 aliphatic carbocycles. The Kier molecular flexibility index (Phi) is 17.0. The Morgan fingerprint density at radius 2 is 1.42 bits per heavy atom. The summed E-state index contributed by atoms with van der Waals surface area (Å²) in [4.78, 5) is 34.3. The summed E-state index contributed by atoms with van der Waals surface area (Å²) in [6.07, 6.45) is 8.92. The number of imide groups is 1. The molecule has 2 amide bonds. The fourth-order valence-electron chi connectivity index (χ4n) is 2.62. The molecule has 6 nitrogen and oxygen atoms in total. The van der Waals surface area contributed by atoms with E-state index in [0.29, 0.717) is 17.7 Å². The molecule has 136 valence electrons. The van der Waals surface area contributed by atoms with Gasteiger partial charge in [0.05, 0.1) is 0 Å². The molecule has 1 atom stereocenters. The number of carbonyl (C=O) groups is 3. The number of unbranched alkanes of at least 4 members (excludes halogenated alkanes) is 7. The molecule has 0 spiro atoms. The van der Waals surface area contributed by atoms with Gasteiger partial charge in [-0.15, -0.1) is 0 Å². The second-order valence-electron chi connectivity index (χ2n) is 5.97. The zero-order chi connectivity index (χ0) is 17.7. The van der Waals surface area contributed by atoms with Crippen molar-refractivity contribution in [1.29, 1.82) is 0 Å². The molecule has 0 heterocycles. The maximum atomic E-state index is 12.2. The zero-order valence-electron chi connectivity index (χ0n) is 16.4. The van der Waals surface area contributed by atoms with Crippen LogP contribution in [0.15, 0.2) is 0 Å². The van der Waals surface area contributed by atoms with E-state index in [9.17, 15) is 14.4 Å². The van der Waals surface area contributed by atoms with E-state index < -0.39 is 30.4 Å². The molecule has 0 aliphatic heterocycles. The molecule has 0 radical (unpaired) electrons. The summed E-state index contributed by atoms with van der Waals surface area (Å²) in [7, 11) is 0. The van der Waals surface area contributed by atoms with Crippen LogP contribution < -0.4 is 29.6 Å². The maximum absolute atomic E-state index is 12.2. The van der Waals surface area contributed by atoms with Crippen LogP contribution in [0.2, 0.25) is 0 Å². The predicted octanol–water partition coefficient (Wildman–Crippen LogP) is 1.25. The maximum Gasteiger partial charge on any atom is 1.00 e. The SMILES string of the molecule is CCCCCCCCCCC(CC)C(=O)N(CC(=O)O)C(=O)O.[H-].[Na+]. The van der Waals surface area contributed by atoms with Gasteiger partial charge < -0.3 is 11.6 Å². The second kappa shape index (κ2) is 15.9. The molecule has 0 saturated carbocycles. The van der Waals surface area contributed by atoms with Crippen LogP contribution in [0.25, 0.3) is 0 Å². The number of carbonyl (C=O) groups excluding carboxylic acids is 1. The van der Waals surface area contributed by atoms with Crippen molar-refractivity contribution >= 4 is 18.0 Å². The van der Waals surface area contributed by atoms with Gasteiger partial charge in [0, 0.05) is 5.92 Å². The van der Waals surface area contributed by atoms with Crippen molar-refractivity contribution in [1.82, 2.24) is 4.90 Å². The molecule has 0 bridgehead atoms. The smallest absolute Gasteiger partial charge is 1.00 e. The zero-order valence-corrected chi connectivity index (χ0v) is 17.4. The van der Waals surface area contributed by atoms with Crippen LogP contribution in [0, 0.1) is 5.92 Å². The first kappa shape index (κ1) is 25.6. The standard InChI is InChI=1S/C17H31NO5.Na.H/c1-3-5-6-7-8-9-10-11-12-14(4-2)16(21)18(17(22)23)13-15(19)20;;/h14H,3-13H2,1-2H3,(H,19,20)(H,22,23);;/q;+1;-1. The third-order valence-electron chi connectivity index (χ3n) is 4.04. The third kappa shape index (κ3) is 11.9. The Balaban J connectivity index is -0.00000242. The van der Waals surface area contributed by atoms with E-state index in [2.05, 4.69) is 6.92 Å². The van der Waals surface area contributed by atoms with Crippen LogP contribution in [0.4, 0.5) is 4.79 Å². The van der Waals surface area contributed by atoms with Gasteiger partial charge in [0.2, 0.25) is 5.91 Å². The molecule has 0 saturated heterocycles. The number of carboxylic acids is 1. The average molecular weight is 353 g/mol. The molecule has 0 rings (SSSR count). The van der Waals surface area contributed by atoms with Crippen molar-refractivity contribution in [2.24, 2.45) is 5.92 Å². The van der Waals surface area contributed by atoms with Gasteiger partial charge in [-0.25, -0.2) is 9.69 Å². The van der Waals surface area contributed by atoms with E-state index in [4.69, 9.17) is 10.2 Å². The summed E-state index contributed by atoms with van der Waals surface area (Å²) in [5.74, 6) is -2.32. The van der Waals surface area contributed by atoms with Crippen molar-refractivity contribution in [3.63, 3.8) is 0 Å². The Labute approximate surface area is 168 Å². The number of rotatable bonds is 13. The average Bonchev–Trinajstić information content (AvgIpc) is 2.50. The molecule has 0 fully saturated rings. The van der Waals surface area contributed by atoms with Crippen LogP contribution in [0.3, 0.4) is 0 Å². The molecule has 0 aromatic heterocycles. The van der Waals surface area contributed by atoms with Gasteiger partial charge in [-0.2, -0.15) is 0 Å².